The van der Waals surface area contributed by atoms with Gasteiger partial charge in [-0.25, -0.2) is 0 Å². The minimum absolute atomic E-state index is 0.0792. The molecule has 0 amide bonds. The van der Waals surface area contributed by atoms with Crippen LogP contribution in [0.15, 0.2) is 36.4 Å². The van der Waals surface area contributed by atoms with Crippen LogP contribution in [0.25, 0.3) is 10.8 Å². The summed E-state index contributed by atoms with van der Waals surface area (Å²) in [4.78, 5) is 11.6. The smallest absolute Gasteiger partial charge is 0.297 e. The highest BCUT2D eigenvalue weighted by atomic mass is 28.4. The third kappa shape index (κ3) is 1.58. The first-order chi connectivity index (χ1) is 8.08. The third-order valence-electron chi connectivity index (χ3n) is 3.32. The van der Waals surface area contributed by atoms with Gasteiger partial charge in [0.25, 0.3) is 14.3 Å². The van der Waals surface area contributed by atoms with Crippen LogP contribution in [0.3, 0.4) is 0 Å². The molecule has 0 N–H and O–H groups in total. The second-order valence-electron chi connectivity index (χ2n) is 4.98. The van der Waals surface area contributed by atoms with Crippen LogP contribution < -0.4 is 5.19 Å². The minimum atomic E-state index is -2.09. The van der Waals surface area contributed by atoms with Crippen molar-refractivity contribution in [1.82, 2.24) is 0 Å². The first kappa shape index (κ1) is 10.5. The molecule has 0 radical (unpaired) electrons. The van der Waals surface area contributed by atoms with E-state index in [9.17, 15) is 4.79 Å². The summed E-state index contributed by atoms with van der Waals surface area (Å²) in [5.74, 6) is -0.0792. The lowest BCUT2D eigenvalue weighted by molar-refractivity contribution is -0.134. The van der Waals surface area contributed by atoms with Gasteiger partial charge < -0.3 is 4.43 Å². The number of fused-ring (bicyclic) bond motifs is 3. The van der Waals surface area contributed by atoms with E-state index < -0.39 is 8.32 Å². The van der Waals surface area contributed by atoms with Gasteiger partial charge in [0.05, 0.1) is 6.42 Å². The number of hydrogen-bond donors (Lipinski definition) is 0. The van der Waals surface area contributed by atoms with E-state index in [4.69, 9.17) is 4.43 Å². The molecule has 0 saturated carbocycles. The SMILES string of the molecule is C[Si]1(C)OC(=O)Cc2ccc3ccccc3c21. The second-order valence-corrected chi connectivity index (χ2v) is 8.71. The quantitative estimate of drug-likeness (QED) is 0.663. The third-order valence-corrected chi connectivity index (χ3v) is 5.85. The van der Waals surface area contributed by atoms with Gasteiger partial charge in [0, 0.05) is 0 Å². The molecule has 0 atom stereocenters. The highest BCUT2D eigenvalue weighted by Crippen LogP contribution is 2.23. The number of carbonyl (C=O) groups excluding carboxylic acids is 1. The van der Waals surface area contributed by atoms with E-state index in [1.165, 1.54) is 16.0 Å². The fourth-order valence-corrected chi connectivity index (χ4v) is 5.27. The molecule has 0 aliphatic carbocycles. The van der Waals surface area contributed by atoms with Crippen LogP contribution in [0.4, 0.5) is 0 Å². The van der Waals surface area contributed by atoms with Crippen LogP contribution in [0.5, 0.6) is 0 Å². The van der Waals surface area contributed by atoms with Crippen molar-refractivity contribution >= 4 is 30.2 Å². The predicted octanol–water partition coefficient (Wildman–Crippen LogP) is 2.35. The molecule has 0 unspecified atom stereocenters. The van der Waals surface area contributed by atoms with E-state index in [0.717, 1.165) is 5.56 Å². The molecule has 1 aliphatic rings. The Kier molecular flexibility index (Phi) is 2.13. The maximum Gasteiger partial charge on any atom is 0.297 e. The minimum Gasteiger partial charge on any atom is -0.515 e. The van der Waals surface area contributed by atoms with Gasteiger partial charge in [-0.05, 0) is 34.6 Å². The van der Waals surface area contributed by atoms with Crippen molar-refractivity contribution in [3.63, 3.8) is 0 Å². The molecule has 3 rings (SSSR count). The van der Waals surface area contributed by atoms with Gasteiger partial charge in [0.2, 0.25) is 0 Å². The van der Waals surface area contributed by atoms with Gasteiger partial charge in [0.15, 0.2) is 0 Å². The molecule has 2 nitrogen and oxygen atoms in total. The van der Waals surface area contributed by atoms with Gasteiger partial charge in [-0.15, -0.1) is 0 Å². The molecule has 0 fully saturated rings. The first-order valence-electron chi connectivity index (χ1n) is 5.81. The van der Waals surface area contributed by atoms with Crippen LogP contribution in [0, 0.1) is 0 Å². The Morgan fingerprint density at radius 3 is 2.71 bits per heavy atom. The van der Waals surface area contributed by atoms with E-state index in [1.807, 2.05) is 12.1 Å². The standard InChI is InChI=1S/C14H14O2Si/c1-17(2)14-11(9-13(15)16-17)8-7-10-5-3-4-6-12(10)14/h3-8H,9H2,1-2H3. The van der Waals surface area contributed by atoms with Crippen LogP contribution in [0.1, 0.15) is 5.56 Å². The summed E-state index contributed by atoms with van der Waals surface area (Å²) in [5.41, 5.74) is 1.15. The average Bonchev–Trinajstić information content (AvgIpc) is 2.26. The van der Waals surface area contributed by atoms with Crippen molar-refractivity contribution in [3.05, 3.63) is 42.0 Å². The van der Waals surface area contributed by atoms with Gasteiger partial charge in [-0.1, -0.05) is 36.4 Å². The monoisotopic (exact) mass is 242 g/mol. The summed E-state index contributed by atoms with van der Waals surface area (Å²) in [5, 5.41) is 3.76. The van der Waals surface area contributed by atoms with E-state index in [1.54, 1.807) is 0 Å². The Balaban J connectivity index is 2.38. The highest BCUT2D eigenvalue weighted by molar-refractivity contribution is 6.88. The van der Waals surface area contributed by atoms with E-state index in [-0.39, 0.29) is 5.97 Å². The maximum atomic E-state index is 11.6. The lowest BCUT2D eigenvalue weighted by Crippen LogP contribution is -2.52. The van der Waals surface area contributed by atoms with E-state index >= 15 is 0 Å². The Morgan fingerprint density at radius 1 is 1.12 bits per heavy atom. The van der Waals surface area contributed by atoms with Crippen molar-refractivity contribution < 1.29 is 9.22 Å². The molecule has 1 heterocycles. The zero-order chi connectivity index (χ0) is 12.0. The Labute approximate surface area is 101 Å². The van der Waals surface area contributed by atoms with Crippen molar-refractivity contribution in [1.29, 1.82) is 0 Å². The lowest BCUT2D eigenvalue weighted by atomic mass is 10.0. The molecule has 86 valence electrons. The summed E-state index contributed by atoms with van der Waals surface area (Å²) < 4.78 is 5.61. The van der Waals surface area contributed by atoms with Gasteiger partial charge in [-0.3, -0.25) is 4.79 Å². The molecule has 1 aliphatic heterocycles. The van der Waals surface area contributed by atoms with Crippen LogP contribution in [-0.2, 0) is 15.6 Å². The molecule has 0 bridgehead atoms. The Hall–Kier alpha value is -1.61. The molecule has 0 spiro atoms. The first-order valence-corrected chi connectivity index (χ1v) is 8.72. The van der Waals surface area contributed by atoms with Crippen molar-refractivity contribution in [3.8, 4) is 0 Å². The Bertz CT molecular complexity index is 617. The lowest BCUT2D eigenvalue weighted by Gasteiger charge is -2.31. The van der Waals surface area contributed by atoms with E-state index in [0.29, 0.717) is 6.42 Å². The number of hydrogen-bond acceptors (Lipinski definition) is 2. The fraction of sp³-hybridized carbons (Fsp3) is 0.214. The maximum absolute atomic E-state index is 11.6. The molecule has 2 aromatic carbocycles. The normalized spacial score (nSPS) is 17.6. The summed E-state index contributed by atoms with van der Waals surface area (Å²) >= 11 is 0. The van der Waals surface area contributed by atoms with Crippen LogP contribution >= 0.6 is 0 Å². The fourth-order valence-electron chi connectivity index (χ4n) is 2.70. The molecule has 3 heteroatoms. The van der Waals surface area contributed by atoms with Crippen molar-refractivity contribution in [2.24, 2.45) is 0 Å². The summed E-state index contributed by atoms with van der Waals surface area (Å²) in [7, 11) is -2.09. The number of rotatable bonds is 0. The van der Waals surface area contributed by atoms with E-state index in [2.05, 4.69) is 37.4 Å². The van der Waals surface area contributed by atoms with Gasteiger partial charge >= 0.3 is 0 Å². The molecular formula is C14H14O2Si. The summed E-state index contributed by atoms with van der Waals surface area (Å²) in [6.45, 7) is 4.19. The Morgan fingerprint density at radius 2 is 1.88 bits per heavy atom. The molecule has 0 aromatic heterocycles. The number of benzene rings is 2. The van der Waals surface area contributed by atoms with Gasteiger partial charge in [-0.2, -0.15) is 0 Å². The van der Waals surface area contributed by atoms with Crippen molar-refractivity contribution in [2.75, 3.05) is 0 Å². The molecular weight excluding hydrogens is 228 g/mol. The summed E-state index contributed by atoms with van der Waals surface area (Å²) in [6, 6.07) is 12.5. The zero-order valence-electron chi connectivity index (χ0n) is 9.99. The number of carbonyl (C=O) groups is 1. The van der Waals surface area contributed by atoms with Crippen LogP contribution in [-0.4, -0.2) is 14.3 Å². The summed E-state index contributed by atoms with van der Waals surface area (Å²) in [6.07, 6.45) is 0.413. The topological polar surface area (TPSA) is 26.3 Å². The van der Waals surface area contributed by atoms with Crippen molar-refractivity contribution in [2.45, 2.75) is 19.5 Å². The predicted molar refractivity (Wildman–Crippen MR) is 70.9 cm³/mol. The molecule has 17 heavy (non-hydrogen) atoms. The molecule has 2 aromatic rings. The van der Waals surface area contributed by atoms with Gasteiger partial charge in [0.1, 0.15) is 0 Å². The largest absolute Gasteiger partial charge is 0.515 e. The second kappa shape index (κ2) is 3.44. The zero-order valence-corrected chi connectivity index (χ0v) is 11.0. The molecule has 0 saturated heterocycles. The van der Waals surface area contributed by atoms with Crippen LogP contribution in [0.2, 0.25) is 13.1 Å². The average molecular weight is 242 g/mol. The highest BCUT2D eigenvalue weighted by Gasteiger charge is 2.37.